The minimum absolute atomic E-state index is 0.0411. The van der Waals surface area contributed by atoms with Gasteiger partial charge in [0.05, 0.1) is 7.05 Å². The van der Waals surface area contributed by atoms with Crippen LogP contribution in [0.25, 0.3) is 0 Å². The number of anilines is 1. The fraction of sp³-hybridized carbons (Fsp3) is 0.438. The van der Waals surface area contributed by atoms with Gasteiger partial charge in [-0.25, -0.2) is 4.39 Å². The summed E-state index contributed by atoms with van der Waals surface area (Å²) < 4.78 is 13.1. The second-order valence-corrected chi connectivity index (χ2v) is 5.55. The number of hydrogen-bond donors (Lipinski definition) is 4. The summed E-state index contributed by atoms with van der Waals surface area (Å²) in [7, 11) is 1.68. The SMILES string of the molecule is CCNC(=O)[C@H](C)NC(=O)C[NH+](C)CC(=O)Nc1cccc(F)c1. The Kier molecular flexibility index (Phi) is 7.84. The Balaban J connectivity index is 2.39. The molecule has 0 aliphatic rings. The average molecular weight is 339 g/mol. The van der Waals surface area contributed by atoms with E-state index in [0.29, 0.717) is 17.1 Å². The second-order valence-electron chi connectivity index (χ2n) is 5.55. The second kappa shape index (κ2) is 9.61. The first-order valence-electron chi connectivity index (χ1n) is 7.75. The Morgan fingerprint density at radius 3 is 2.50 bits per heavy atom. The van der Waals surface area contributed by atoms with E-state index >= 15 is 0 Å². The molecule has 0 aliphatic carbocycles. The van der Waals surface area contributed by atoms with Gasteiger partial charge in [-0.3, -0.25) is 14.4 Å². The van der Waals surface area contributed by atoms with E-state index in [4.69, 9.17) is 0 Å². The van der Waals surface area contributed by atoms with Crippen molar-refractivity contribution in [1.29, 1.82) is 0 Å². The number of benzene rings is 1. The van der Waals surface area contributed by atoms with Gasteiger partial charge in [0.25, 0.3) is 11.8 Å². The summed E-state index contributed by atoms with van der Waals surface area (Å²) >= 11 is 0. The highest BCUT2D eigenvalue weighted by Crippen LogP contribution is 2.08. The topological polar surface area (TPSA) is 91.7 Å². The van der Waals surface area contributed by atoms with Crippen LogP contribution in [0, 0.1) is 5.82 Å². The zero-order valence-electron chi connectivity index (χ0n) is 14.1. The molecule has 1 aromatic rings. The van der Waals surface area contributed by atoms with Gasteiger partial charge in [0.1, 0.15) is 11.9 Å². The maximum atomic E-state index is 13.1. The third-order valence-electron chi connectivity index (χ3n) is 3.15. The number of carbonyl (C=O) groups is 3. The predicted molar refractivity (Wildman–Crippen MR) is 87.9 cm³/mol. The Labute approximate surface area is 140 Å². The molecule has 0 aromatic heterocycles. The van der Waals surface area contributed by atoms with Crippen molar-refractivity contribution in [3.05, 3.63) is 30.1 Å². The van der Waals surface area contributed by atoms with Crippen LogP contribution in [0.3, 0.4) is 0 Å². The highest BCUT2D eigenvalue weighted by atomic mass is 19.1. The third-order valence-corrected chi connectivity index (χ3v) is 3.15. The van der Waals surface area contributed by atoms with Gasteiger partial charge in [-0.2, -0.15) is 0 Å². The van der Waals surface area contributed by atoms with Crippen molar-refractivity contribution >= 4 is 23.4 Å². The fourth-order valence-electron chi connectivity index (χ4n) is 2.07. The maximum Gasteiger partial charge on any atom is 0.279 e. The molecule has 2 atom stereocenters. The molecule has 0 radical (unpaired) electrons. The molecule has 0 saturated carbocycles. The summed E-state index contributed by atoms with van der Waals surface area (Å²) in [5, 5.41) is 7.75. The van der Waals surface area contributed by atoms with Crippen LogP contribution in [0.1, 0.15) is 13.8 Å². The van der Waals surface area contributed by atoms with E-state index < -0.39 is 11.9 Å². The number of likely N-dealkylation sites (N-methyl/N-ethyl adjacent to an activating group) is 2. The zero-order chi connectivity index (χ0) is 18.1. The largest absolute Gasteiger partial charge is 0.355 e. The van der Waals surface area contributed by atoms with Crippen LogP contribution in [0.4, 0.5) is 10.1 Å². The first-order chi connectivity index (χ1) is 11.3. The molecule has 0 saturated heterocycles. The monoisotopic (exact) mass is 339 g/mol. The molecule has 1 rings (SSSR count). The first-order valence-corrected chi connectivity index (χ1v) is 7.75. The van der Waals surface area contributed by atoms with Crippen molar-refractivity contribution in [1.82, 2.24) is 10.6 Å². The van der Waals surface area contributed by atoms with Crippen molar-refractivity contribution in [2.75, 3.05) is 32.0 Å². The van der Waals surface area contributed by atoms with Crippen LogP contribution in [-0.4, -0.2) is 50.4 Å². The van der Waals surface area contributed by atoms with Crippen molar-refractivity contribution in [2.45, 2.75) is 19.9 Å². The number of nitrogens with one attached hydrogen (secondary N) is 4. The molecule has 0 aliphatic heterocycles. The molecule has 0 heterocycles. The standard InChI is InChI=1S/C16H23FN4O3/c1-4-18-16(24)11(2)19-14(22)9-21(3)10-15(23)20-13-7-5-6-12(17)8-13/h5-8,11H,4,9-10H2,1-3H3,(H,18,24)(H,19,22)(H,20,23)/p+1/t11-/m0/s1. The lowest BCUT2D eigenvalue weighted by atomic mass is 10.3. The minimum atomic E-state index is -0.633. The quantitative estimate of drug-likeness (QED) is 0.486. The number of rotatable bonds is 8. The van der Waals surface area contributed by atoms with E-state index in [2.05, 4.69) is 16.0 Å². The average Bonchev–Trinajstić information content (AvgIpc) is 2.46. The van der Waals surface area contributed by atoms with E-state index in [0.717, 1.165) is 0 Å². The Bertz CT molecular complexity index is 594. The van der Waals surface area contributed by atoms with Crippen LogP contribution < -0.4 is 20.9 Å². The number of hydrogen-bond acceptors (Lipinski definition) is 3. The predicted octanol–water partition coefficient (Wildman–Crippen LogP) is -1.08. The van der Waals surface area contributed by atoms with Crippen LogP contribution in [-0.2, 0) is 14.4 Å². The van der Waals surface area contributed by atoms with Crippen molar-refractivity contribution in [3.8, 4) is 0 Å². The van der Waals surface area contributed by atoms with Crippen molar-refractivity contribution in [3.63, 3.8) is 0 Å². The molecule has 1 unspecified atom stereocenters. The van der Waals surface area contributed by atoms with E-state index in [-0.39, 0.29) is 30.8 Å². The van der Waals surface area contributed by atoms with Gasteiger partial charge in [-0.05, 0) is 32.0 Å². The molecule has 24 heavy (non-hydrogen) atoms. The Hall–Kier alpha value is -2.48. The first kappa shape index (κ1) is 19.6. The van der Waals surface area contributed by atoms with E-state index in [1.165, 1.54) is 18.2 Å². The molecular formula is C16H24FN4O3+. The highest BCUT2D eigenvalue weighted by molar-refractivity contribution is 5.91. The minimum Gasteiger partial charge on any atom is -0.355 e. The number of halogens is 1. The number of carbonyl (C=O) groups excluding carboxylic acids is 3. The van der Waals surface area contributed by atoms with Gasteiger partial charge in [0.2, 0.25) is 5.91 Å². The van der Waals surface area contributed by atoms with Crippen LogP contribution >= 0.6 is 0 Å². The zero-order valence-corrected chi connectivity index (χ0v) is 14.1. The lowest BCUT2D eigenvalue weighted by Gasteiger charge is -2.16. The highest BCUT2D eigenvalue weighted by Gasteiger charge is 2.18. The van der Waals surface area contributed by atoms with Crippen molar-refractivity contribution in [2.24, 2.45) is 0 Å². The fourth-order valence-corrected chi connectivity index (χ4v) is 2.07. The summed E-state index contributed by atoms with van der Waals surface area (Å²) in [5.41, 5.74) is 0.363. The lowest BCUT2D eigenvalue weighted by molar-refractivity contribution is -0.862. The van der Waals surface area contributed by atoms with Gasteiger partial charge in [-0.15, -0.1) is 0 Å². The molecule has 4 N–H and O–H groups in total. The van der Waals surface area contributed by atoms with E-state index in [1.807, 2.05) is 0 Å². The van der Waals surface area contributed by atoms with Gasteiger partial charge in [0, 0.05) is 12.2 Å². The normalized spacial score (nSPS) is 12.8. The lowest BCUT2D eigenvalue weighted by Crippen LogP contribution is -3.11. The van der Waals surface area contributed by atoms with Gasteiger partial charge >= 0.3 is 0 Å². The molecule has 8 heteroatoms. The molecule has 0 spiro atoms. The number of amides is 3. The van der Waals surface area contributed by atoms with E-state index in [1.54, 1.807) is 27.0 Å². The Morgan fingerprint density at radius 1 is 1.21 bits per heavy atom. The summed E-state index contributed by atoms with van der Waals surface area (Å²) in [6, 6.07) is 4.95. The van der Waals surface area contributed by atoms with Crippen LogP contribution in [0.2, 0.25) is 0 Å². The summed E-state index contributed by atoms with van der Waals surface area (Å²) in [4.78, 5) is 35.9. The van der Waals surface area contributed by atoms with Crippen LogP contribution in [0.15, 0.2) is 24.3 Å². The molecule has 132 valence electrons. The summed E-state index contributed by atoms with van der Waals surface area (Å²) in [6.07, 6.45) is 0. The summed E-state index contributed by atoms with van der Waals surface area (Å²) in [6.45, 7) is 3.96. The van der Waals surface area contributed by atoms with E-state index in [9.17, 15) is 18.8 Å². The van der Waals surface area contributed by atoms with Gasteiger partial charge in [0.15, 0.2) is 13.1 Å². The van der Waals surface area contributed by atoms with Crippen molar-refractivity contribution < 1.29 is 23.7 Å². The molecule has 0 fully saturated rings. The van der Waals surface area contributed by atoms with Gasteiger partial charge < -0.3 is 20.9 Å². The smallest absolute Gasteiger partial charge is 0.279 e. The third kappa shape index (κ3) is 7.19. The molecule has 1 aromatic carbocycles. The molecular weight excluding hydrogens is 315 g/mol. The Morgan fingerprint density at radius 2 is 1.88 bits per heavy atom. The number of quaternary nitrogens is 1. The maximum absolute atomic E-state index is 13.1. The van der Waals surface area contributed by atoms with Gasteiger partial charge in [-0.1, -0.05) is 6.07 Å². The molecule has 0 bridgehead atoms. The summed E-state index contributed by atoms with van der Waals surface area (Å²) in [5.74, 6) is -1.35. The molecule has 7 nitrogen and oxygen atoms in total. The van der Waals surface area contributed by atoms with Crippen LogP contribution in [0.5, 0.6) is 0 Å². The molecule has 3 amide bonds.